The maximum atomic E-state index is 13.4. The van der Waals surface area contributed by atoms with E-state index in [1.807, 2.05) is 0 Å². The van der Waals surface area contributed by atoms with Crippen LogP contribution in [-0.2, 0) is 16.0 Å². The number of piperidine rings is 1. The lowest BCUT2D eigenvalue weighted by atomic mass is 10.1. The minimum atomic E-state index is -0.585. The van der Waals surface area contributed by atoms with E-state index in [0.717, 1.165) is 18.2 Å². The van der Waals surface area contributed by atoms with Crippen molar-refractivity contribution in [2.75, 3.05) is 13.1 Å². The van der Waals surface area contributed by atoms with Crippen LogP contribution in [0.4, 0.5) is 8.78 Å². The molecule has 0 atom stereocenters. The van der Waals surface area contributed by atoms with Crippen LogP contribution in [0.5, 0.6) is 0 Å². The van der Waals surface area contributed by atoms with Crippen LogP contribution < -0.4 is 0 Å². The van der Waals surface area contributed by atoms with E-state index in [1.165, 1.54) is 4.90 Å². The summed E-state index contributed by atoms with van der Waals surface area (Å²) in [7, 11) is 0. The van der Waals surface area contributed by atoms with Gasteiger partial charge in [-0.1, -0.05) is 0 Å². The quantitative estimate of drug-likeness (QED) is 0.804. The smallest absolute Gasteiger partial charge is 0.227 e. The lowest BCUT2D eigenvalue weighted by Gasteiger charge is -2.26. The molecule has 1 fully saturated rings. The zero-order valence-electron chi connectivity index (χ0n) is 9.79. The molecule has 1 amide bonds. The van der Waals surface area contributed by atoms with Gasteiger partial charge in [0.15, 0.2) is 0 Å². The number of amides is 1. The molecule has 1 aromatic rings. The van der Waals surface area contributed by atoms with Gasteiger partial charge in [0.1, 0.15) is 17.4 Å². The van der Waals surface area contributed by atoms with Gasteiger partial charge in [0, 0.05) is 31.5 Å². The molecule has 1 aromatic carbocycles. The van der Waals surface area contributed by atoms with Crippen molar-refractivity contribution in [3.8, 4) is 0 Å². The predicted octanol–water partition coefficient (Wildman–Crippen LogP) is 1.70. The lowest BCUT2D eigenvalue weighted by Crippen LogP contribution is -2.39. The van der Waals surface area contributed by atoms with E-state index in [0.29, 0.717) is 25.9 Å². The Bertz CT molecular complexity index is 478. The summed E-state index contributed by atoms with van der Waals surface area (Å²) in [6, 6.07) is 3.06. The molecule has 1 aliphatic rings. The molecule has 0 unspecified atom stereocenters. The lowest BCUT2D eigenvalue weighted by molar-refractivity contribution is -0.133. The van der Waals surface area contributed by atoms with Crippen LogP contribution in [0.25, 0.3) is 0 Å². The summed E-state index contributed by atoms with van der Waals surface area (Å²) in [5.74, 6) is -1.28. The Morgan fingerprint density at radius 1 is 1.22 bits per heavy atom. The van der Waals surface area contributed by atoms with Crippen LogP contribution in [0, 0.1) is 11.6 Å². The van der Waals surface area contributed by atoms with Gasteiger partial charge in [0.05, 0.1) is 6.42 Å². The van der Waals surface area contributed by atoms with Crippen LogP contribution in [0.2, 0.25) is 0 Å². The Hall–Kier alpha value is -1.78. The number of likely N-dealkylation sites (tertiary alicyclic amines) is 1. The van der Waals surface area contributed by atoms with Crippen molar-refractivity contribution < 1.29 is 18.4 Å². The highest BCUT2D eigenvalue weighted by Gasteiger charge is 2.21. The van der Waals surface area contributed by atoms with E-state index in [-0.39, 0.29) is 23.7 Å². The fraction of sp³-hybridized carbons (Fsp3) is 0.385. The van der Waals surface area contributed by atoms with E-state index in [4.69, 9.17) is 0 Å². The Kier molecular flexibility index (Phi) is 3.69. The molecular weight excluding hydrogens is 240 g/mol. The van der Waals surface area contributed by atoms with Crippen molar-refractivity contribution in [3.05, 3.63) is 35.4 Å². The normalized spacial score (nSPS) is 15.9. The van der Waals surface area contributed by atoms with Crippen LogP contribution >= 0.6 is 0 Å². The van der Waals surface area contributed by atoms with Crippen molar-refractivity contribution in [3.63, 3.8) is 0 Å². The number of carbonyl (C=O) groups excluding carboxylic acids is 2. The second-order valence-corrected chi connectivity index (χ2v) is 4.33. The standard InChI is InChI=1S/C13H13F2NO2/c14-10-1-2-12(15)9(7-10)8-13(18)16-5-3-11(17)4-6-16/h1-2,7H,3-6,8H2. The molecule has 18 heavy (non-hydrogen) atoms. The maximum absolute atomic E-state index is 13.4. The molecule has 1 saturated heterocycles. The number of nitrogens with zero attached hydrogens (tertiary/aromatic N) is 1. The molecule has 0 bridgehead atoms. The Morgan fingerprint density at radius 3 is 2.56 bits per heavy atom. The topological polar surface area (TPSA) is 37.4 Å². The average molecular weight is 253 g/mol. The van der Waals surface area contributed by atoms with Crippen molar-refractivity contribution in [2.45, 2.75) is 19.3 Å². The molecule has 5 heteroatoms. The highest BCUT2D eigenvalue weighted by Crippen LogP contribution is 2.13. The third-order valence-corrected chi connectivity index (χ3v) is 3.02. The first-order valence-corrected chi connectivity index (χ1v) is 5.79. The summed E-state index contributed by atoms with van der Waals surface area (Å²) in [4.78, 5) is 24.4. The Morgan fingerprint density at radius 2 is 1.89 bits per heavy atom. The summed E-state index contributed by atoms with van der Waals surface area (Å²) in [6.45, 7) is 0.739. The predicted molar refractivity (Wildman–Crippen MR) is 60.9 cm³/mol. The third kappa shape index (κ3) is 2.91. The number of carbonyl (C=O) groups is 2. The Balaban J connectivity index is 2.02. The van der Waals surface area contributed by atoms with E-state index in [9.17, 15) is 18.4 Å². The summed E-state index contributed by atoms with van der Waals surface area (Å²) >= 11 is 0. The van der Waals surface area contributed by atoms with E-state index in [1.54, 1.807) is 0 Å². The fourth-order valence-corrected chi connectivity index (χ4v) is 1.96. The zero-order chi connectivity index (χ0) is 13.1. The second-order valence-electron chi connectivity index (χ2n) is 4.33. The molecule has 0 radical (unpaired) electrons. The fourth-order valence-electron chi connectivity index (χ4n) is 1.96. The van der Waals surface area contributed by atoms with Crippen molar-refractivity contribution >= 4 is 11.7 Å². The molecule has 3 nitrogen and oxygen atoms in total. The molecule has 0 saturated carbocycles. The van der Waals surface area contributed by atoms with Gasteiger partial charge in [-0.05, 0) is 18.2 Å². The van der Waals surface area contributed by atoms with Crippen LogP contribution in [-0.4, -0.2) is 29.7 Å². The number of hydrogen-bond donors (Lipinski definition) is 0. The summed E-state index contributed by atoms with van der Waals surface area (Å²) in [5, 5.41) is 0. The van der Waals surface area contributed by atoms with Crippen molar-refractivity contribution in [1.82, 2.24) is 4.90 Å². The van der Waals surface area contributed by atoms with Crippen LogP contribution in [0.3, 0.4) is 0 Å². The molecule has 0 spiro atoms. The first kappa shape index (κ1) is 12.7. The summed E-state index contributed by atoms with van der Waals surface area (Å²) < 4.78 is 26.3. The molecule has 2 rings (SSSR count). The first-order valence-electron chi connectivity index (χ1n) is 5.79. The summed E-state index contributed by atoms with van der Waals surface area (Å²) in [6.07, 6.45) is 0.520. The van der Waals surface area contributed by atoms with Crippen LogP contribution in [0.1, 0.15) is 18.4 Å². The van der Waals surface area contributed by atoms with Gasteiger partial charge in [-0.25, -0.2) is 8.78 Å². The van der Waals surface area contributed by atoms with E-state index < -0.39 is 11.6 Å². The number of rotatable bonds is 2. The summed E-state index contributed by atoms with van der Waals surface area (Å²) in [5.41, 5.74) is 0.0527. The average Bonchev–Trinajstić information content (AvgIpc) is 2.34. The van der Waals surface area contributed by atoms with Gasteiger partial charge in [-0.2, -0.15) is 0 Å². The highest BCUT2D eigenvalue weighted by atomic mass is 19.1. The van der Waals surface area contributed by atoms with E-state index in [2.05, 4.69) is 0 Å². The van der Waals surface area contributed by atoms with Crippen molar-refractivity contribution in [1.29, 1.82) is 0 Å². The van der Waals surface area contributed by atoms with Crippen molar-refractivity contribution in [2.24, 2.45) is 0 Å². The minimum Gasteiger partial charge on any atom is -0.342 e. The minimum absolute atomic E-state index is 0.0527. The molecular formula is C13H13F2NO2. The SMILES string of the molecule is O=C1CCN(C(=O)Cc2cc(F)ccc2F)CC1. The number of benzene rings is 1. The highest BCUT2D eigenvalue weighted by molar-refractivity contribution is 5.84. The molecule has 1 heterocycles. The van der Waals surface area contributed by atoms with Gasteiger partial charge >= 0.3 is 0 Å². The molecule has 1 aliphatic heterocycles. The van der Waals surface area contributed by atoms with Gasteiger partial charge < -0.3 is 4.90 Å². The molecule has 0 aromatic heterocycles. The Labute approximate surface area is 103 Å². The third-order valence-electron chi connectivity index (χ3n) is 3.02. The maximum Gasteiger partial charge on any atom is 0.227 e. The molecule has 0 N–H and O–H groups in total. The number of hydrogen-bond acceptors (Lipinski definition) is 2. The van der Waals surface area contributed by atoms with Gasteiger partial charge in [0.2, 0.25) is 5.91 Å². The number of Topliss-reactive ketones (excluding diaryl/α,β-unsaturated/α-hetero) is 1. The monoisotopic (exact) mass is 253 g/mol. The molecule has 0 aliphatic carbocycles. The first-order chi connectivity index (χ1) is 8.56. The van der Waals surface area contributed by atoms with Gasteiger partial charge in [-0.15, -0.1) is 0 Å². The zero-order valence-corrected chi connectivity index (χ0v) is 9.79. The molecule has 96 valence electrons. The number of ketones is 1. The number of halogens is 2. The second kappa shape index (κ2) is 5.25. The van der Waals surface area contributed by atoms with Gasteiger partial charge in [-0.3, -0.25) is 9.59 Å². The van der Waals surface area contributed by atoms with Crippen LogP contribution in [0.15, 0.2) is 18.2 Å². The van der Waals surface area contributed by atoms with Gasteiger partial charge in [0.25, 0.3) is 0 Å². The largest absolute Gasteiger partial charge is 0.342 e. The van der Waals surface area contributed by atoms with E-state index >= 15 is 0 Å².